The Labute approximate surface area is 84.2 Å². The van der Waals surface area contributed by atoms with Gasteiger partial charge >= 0.3 is 5.97 Å². The van der Waals surface area contributed by atoms with Crippen LogP contribution in [0.5, 0.6) is 0 Å². The summed E-state index contributed by atoms with van der Waals surface area (Å²) in [6.07, 6.45) is 1.03. The van der Waals surface area contributed by atoms with Crippen LogP contribution in [0.3, 0.4) is 0 Å². The van der Waals surface area contributed by atoms with Gasteiger partial charge in [-0.15, -0.1) is 0 Å². The smallest absolute Gasteiger partial charge is 0.381 e. The molecule has 1 heterocycles. The van der Waals surface area contributed by atoms with Gasteiger partial charge in [0.25, 0.3) is 11.5 Å². The zero-order chi connectivity index (χ0) is 11.4. The van der Waals surface area contributed by atoms with Crippen molar-refractivity contribution in [3.8, 4) is 0 Å². The van der Waals surface area contributed by atoms with Gasteiger partial charge in [0.05, 0.1) is 17.7 Å². The summed E-state index contributed by atoms with van der Waals surface area (Å²) in [4.78, 5) is 34.2. The van der Waals surface area contributed by atoms with E-state index in [4.69, 9.17) is 0 Å². The highest BCUT2D eigenvalue weighted by Crippen LogP contribution is 2.12. The Bertz CT molecular complexity index is 409. The number of H-pyrrole nitrogens is 1. The Morgan fingerprint density at radius 2 is 2.27 bits per heavy atom. The molecule has 15 heavy (non-hydrogen) atoms. The Hall–Kier alpha value is -2.18. The first-order valence-corrected chi connectivity index (χ1v) is 4.10. The van der Waals surface area contributed by atoms with Crippen LogP contribution < -0.4 is 0 Å². The predicted molar refractivity (Wildman–Crippen MR) is 48.4 cm³/mol. The third kappa shape index (κ3) is 2.39. The van der Waals surface area contributed by atoms with E-state index in [0.29, 0.717) is 0 Å². The number of hydrogen-bond acceptors (Lipinski definition) is 5. The van der Waals surface area contributed by atoms with Gasteiger partial charge in [-0.25, -0.2) is 4.79 Å². The van der Waals surface area contributed by atoms with Gasteiger partial charge in [-0.3, -0.25) is 14.9 Å². The van der Waals surface area contributed by atoms with Crippen molar-refractivity contribution in [2.45, 2.75) is 6.92 Å². The molecule has 0 aromatic carbocycles. The zero-order valence-electron chi connectivity index (χ0n) is 7.85. The normalized spacial score (nSPS) is 9.67. The van der Waals surface area contributed by atoms with E-state index in [0.717, 1.165) is 12.3 Å². The fourth-order valence-corrected chi connectivity index (χ4v) is 0.926. The SMILES string of the molecule is CCOC(=O)C(=O)c1cc([N+](=O)[O-])c[nH]1. The van der Waals surface area contributed by atoms with Gasteiger partial charge in [0, 0.05) is 6.07 Å². The van der Waals surface area contributed by atoms with Crippen LogP contribution in [0.25, 0.3) is 0 Å². The second-order valence-corrected chi connectivity index (χ2v) is 2.58. The van der Waals surface area contributed by atoms with Crippen LogP contribution in [-0.4, -0.2) is 28.3 Å². The van der Waals surface area contributed by atoms with Crippen molar-refractivity contribution < 1.29 is 19.2 Å². The number of aromatic nitrogens is 1. The van der Waals surface area contributed by atoms with Gasteiger partial charge in [-0.2, -0.15) is 0 Å². The third-order valence-electron chi connectivity index (χ3n) is 1.58. The first-order valence-electron chi connectivity index (χ1n) is 4.10. The quantitative estimate of drug-likeness (QED) is 0.260. The lowest BCUT2D eigenvalue weighted by Gasteiger charge is -1.97. The lowest BCUT2D eigenvalue weighted by atomic mass is 10.3. The molecule has 0 saturated heterocycles. The van der Waals surface area contributed by atoms with Crippen molar-refractivity contribution in [3.63, 3.8) is 0 Å². The summed E-state index contributed by atoms with van der Waals surface area (Å²) < 4.78 is 4.45. The van der Waals surface area contributed by atoms with Crippen molar-refractivity contribution in [1.29, 1.82) is 0 Å². The van der Waals surface area contributed by atoms with Gasteiger partial charge in [-0.05, 0) is 6.92 Å². The molecule has 0 amide bonds. The van der Waals surface area contributed by atoms with Gasteiger partial charge < -0.3 is 9.72 Å². The van der Waals surface area contributed by atoms with Crippen LogP contribution in [0.1, 0.15) is 17.4 Å². The van der Waals surface area contributed by atoms with Gasteiger partial charge in [0.2, 0.25) is 0 Å². The van der Waals surface area contributed by atoms with E-state index in [2.05, 4.69) is 9.72 Å². The number of rotatable bonds is 4. The summed E-state index contributed by atoms with van der Waals surface area (Å²) in [5.41, 5.74) is -0.428. The highest BCUT2D eigenvalue weighted by Gasteiger charge is 2.21. The minimum absolute atomic E-state index is 0.0768. The molecule has 0 fully saturated rings. The number of carbonyl (C=O) groups excluding carboxylic acids is 2. The second-order valence-electron chi connectivity index (χ2n) is 2.58. The lowest BCUT2D eigenvalue weighted by molar-refractivity contribution is -0.384. The highest BCUT2D eigenvalue weighted by molar-refractivity contribution is 6.40. The predicted octanol–water partition coefficient (Wildman–Crippen LogP) is 0.669. The van der Waals surface area contributed by atoms with Crippen molar-refractivity contribution >= 4 is 17.4 Å². The van der Waals surface area contributed by atoms with Crippen LogP contribution in [0.4, 0.5) is 5.69 Å². The minimum Gasteiger partial charge on any atom is -0.460 e. The van der Waals surface area contributed by atoms with E-state index in [-0.39, 0.29) is 18.0 Å². The van der Waals surface area contributed by atoms with Crippen molar-refractivity contribution in [2.75, 3.05) is 6.61 Å². The molecule has 1 aromatic heterocycles. The molecule has 0 aliphatic carbocycles. The molecule has 1 aromatic rings. The van der Waals surface area contributed by atoms with Gasteiger partial charge in [0.1, 0.15) is 5.69 Å². The molecule has 7 heteroatoms. The van der Waals surface area contributed by atoms with Crippen LogP contribution in [0, 0.1) is 10.1 Å². The van der Waals surface area contributed by atoms with Gasteiger partial charge in [-0.1, -0.05) is 0 Å². The molecule has 0 unspecified atom stereocenters. The maximum absolute atomic E-state index is 11.2. The van der Waals surface area contributed by atoms with Crippen molar-refractivity contribution in [1.82, 2.24) is 4.98 Å². The molecule has 1 rings (SSSR count). The van der Waals surface area contributed by atoms with Crippen molar-refractivity contribution in [3.05, 3.63) is 28.1 Å². The number of hydrogen-bond donors (Lipinski definition) is 1. The molecule has 0 atom stereocenters. The van der Waals surface area contributed by atoms with E-state index < -0.39 is 16.7 Å². The largest absolute Gasteiger partial charge is 0.460 e. The average molecular weight is 212 g/mol. The molecule has 0 aliphatic rings. The number of nitrogens with one attached hydrogen (secondary N) is 1. The summed E-state index contributed by atoms with van der Waals surface area (Å²) in [6, 6.07) is 0.985. The molecule has 0 spiro atoms. The lowest BCUT2D eigenvalue weighted by Crippen LogP contribution is -2.17. The second kappa shape index (κ2) is 4.36. The monoisotopic (exact) mass is 212 g/mol. The van der Waals surface area contributed by atoms with E-state index in [1.165, 1.54) is 0 Å². The zero-order valence-corrected chi connectivity index (χ0v) is 7.85. The number of esters is 1. The van der Waals surface area contributed by atoms with Gasteiger partial charge in [0.15, 0.2) is 0 Å². The number of carbonyl (C=O) groups is 2. The highest BCUT2D eigenvalue weighted by atomic mass is 16.6. The molecule has 1 N–H and O–H groups in total. The summed E-state index contributed by atoms with van der Waals surface area (Å²) in [5.74, 6) is -1.96. The molecule has 80 valence electrons. The molecular formula is C8H8N2O5. The Morgan fingerprint density at radius 1 is 1.60 bits per heavy atom. The van der Waals surface area contributed by atoms with Crippen molar-refractivity contribution in [2.24, 2.45) is 0 Å². The van der Waals surface area contributed by atoms with E-state index in [1.807, 2.05) is 0 Å². The molecule has 0 saturated carbocycles. The molecule has 0 aliphatic heterocycles. The fourth-order valence-electron chi connectivity index (χ4n) is 0.926. The minimum atomic E-state index is -1.03. The summed E-state index contributed by atoms with van der Waals surface area (Å²) in [5, 5.41) is 10.3. The Morgan fingerprint density at radius 3 is 2.73 bits per heavy atom. The average Bonchev–Trinajstić information content (AvgIpc) is 2.65. The Balaban J connectivity index is 2.83. The standard InChI is InChI=1S/C8H8N2O5/c1-2-15-8(12)7(11)6-3-5(4-9-6)10(13)14/h3-4,9H,2H2,1H3. The molecule has 0 radical (unpaired) electrons. The Kier molecular flexibility index (Phi) is 3.17. The van der Waals surface area contributed by atoms with E-state index in [1.54, 1.807) is 6.92 Å². The van der Waals surface area contributed by atoms with E-state index in [9.17, 15) is 19.7 Å². The maximum atomic E-state index is 11.2. The number of ketones is 1. The van der Waals surface area contributed by atoms with E-state index >= 15 is 0 Å². The molecule has 0 bridgehead atoms. The molecule has 7 nitrogen and oxygen atoms in total. The molecular weight excluding hydrogens is 204 g/mol. The summed E-state index contributed by atoms with van der Waals surface area (Å²) in [7, 11) is 0. The summed E-state index contributed by atoms with van der Waals surface area (Å²) >= 11 is 0. The third-order valence-corrected chi connectivity index (χ3v) is 1.58. The number of nitrogens with zero attached hydrogens (tertiary/aromatic N) is 1. The first kappa shape index (κ1) is 10.9. The first-order chi connectivity index (χ1) is 7.06. The number of Topliss-reactive ketones (excluding diaryl/α,β-unsaturated/α-hetero) is 1. The topological polar surface area (TPSA) is 102 Å². The maximum Gasteiger partial charge on any atom is 0.381 e. The fraction of sp³-hybridized carbons (Fsp3) is 0.250. The van der Waals surface area contributed by atoms with Crippen LogP contribution in [0.15, 0.2) is 12.3 Å². The number of ether oxygens (including phenoxy) is 1. The van der Waals surface area contributed by atoms with Crippen LogP contribution in [0.2, 0.25) is 0 Å². The van der Waals surface area contributed by atoms with Crippen LogP contribution >= 0.6 is 0 Å². The number of nitro groups is 1. The number of aromatic amines is 1. The van der Waals surface area contributed by atoms with Crippen LogP contribution in [-0.2, 0) is 9.53 Å². The summed E-state index contributed by atoms with van der Waals surface area (Å²) in [6.45, 7) is 1.63.